The molecular weight excluding hydrogens is 386 g/mol. The highest BCUT2D eigenvalue weighted by Gasteiger charge is 2.23. The van der Waals surface area contributed by atoms with E-state index in [1.165, 1.54) is 49.9 Å². The van der Waals surface area contributed by atoms with Crippen LogP contribution in [0.25, 0.3) is 0 Å². The normalized spacial score (nSPS) is 19.2. The average Bonchev–Trinajstić information content (AvgIpc) is 3.07. The van der Waals surface area contributed by atoms with Crippen molar-refractivity contribution in [2.45, 2.75) is 65.0 Å². The summed E-state index contributed by atoms with van der Waals surface area (Å²) >= 11 is 0. The minimum Gasteiger partial charge on any atom is -0.359 e. The maximum Gasteiger partial charge on any atom is 0.220 e. The van der Waals surface area contributed by atoms with Crippen LogP contribution < -0.4 is 10.6 Å². The molecule has 2 heterocycles. The van der Waals surface area contributed by atoms with Crippen LogP contribution >= 0.6 is 0 Å². The van der Waals surface area contributed by atoms with Crippen molar-refractivity contribution >= 4 is 11.9 Å². The Balaban J connectivity index is 1.51. The van der Waals surface area contributed by atoms with Gasteiger partial charge in [0.15, 0.2) is 5.96 Å². The lowest BCUT2D eigenvalue weighted by Crippen LogP contribution is -2.46. The number of guanidine groups is 1. The van der Waals surface area contributed by atoms with Crippen molar-refractivity contribution < 1.29 is 4.79 Å². The summed E-state index contributed by atoms with van der Waals surface area (Å²) in [6.45, 7) is 9.14. The Kier molecular flexibility index (Phi) is 9.66. The summed E-state index contributed by atoms with van der Waals surface area (Å²) in [6.07, 6.45) is 8.17. The smallest absolute Gasteiger partial charge is 0.220 e. The van der Waals surface area contributed by atoms with Gasteiger partial charge in [-0.1, -0.05) is 37.1 Å². The van der Waals surface area contributed by atoms with Crippen molar-refractivity contribution in [3.63, 3.8) is 0 Å². The highest BCUT2D eigenvalue weighted by Crippen LogP contribution is 2.21. The molecule has 0 saturated carbocycles. The maximum absolute atomic E-state index is 11.6. The Morgan fingerprint density at radius 3 is 2.26 bits per heavy atom. The molecule has 3 rings (SSSR count). The predicted octanol–water partition coefficient (Wildman–Crippen LogP) is 3.38. The van der Waals surface area contributed by atoms with Crippen molar-refractivity contribution in [1.29, 1.82) is 0 Å². The van der Waals surface area contributed by atoms with E-state index in [0.717, 1.165) is 45.0 Å². The minimum absolute atomic E-state index is 0.151. The standard InChI is InChI=1S/C25H41N5O/c1-3-27-25(30-16-12-21(13-17-30)18-24(31)26-2)28-19-22-8-10-23(11-9-22)20-29-14-6-4-5-7-15-29/h8-11,21H,3-7,12-20H2,1-2H3,(H,26,31)(H,27,28). The minimum atomic E-state index is 0.151. The van der Waals surface area contributed by atoms with E-state index >= 15 is 0 Å². The number of aliphatic imine (C=N–C) groups is 1. The highest BCUT2D eigenvalue weighted by molar-refractivity contribution is 5.80. The number of benzene rings is 1. The Bertz CT molecular complexity index is 686. The van der Waals surface area contributed by atoms with E-state index in [0.29, 0.717) is 18.9 Å². The molecule has 0 radical (unpaired) electrons. The molecule has 1 aromatic rings. The van der Waals surface area contributed by atoms with E-state index in [9.17, 15) is 4.79 Å². The number of hydrogen-bond donors (Lipinski definition) is 2. The van der Waals surface area contributed by atoms with Crippen LogP contribution in [0.1, 0.15) is 63.0 Å². The number of piperidine rings is 1. The first-order valence-electron chi connectivity index (χ1n) is 12.2. The van der Waals surface area contributed by atoms with E-state index in [-0.39, 0.29) is 5.91 Å². The fraction of sp³-hybridized carbons (Fsp3) is 0.680. The third-order valence-corrected chi connectivity index (χ3v) is 6.54. The monoisotopic (exact) mass is 427 g/mol. The predicted molar refractivity (Wildman–Crippen MR) is 128 cm³/mol. The number of hydrogen-bond acceptors (Lipinski definition) is 3. The second-order valence-electron chi connectivity index (χ2n) is 8.98. The number of rotatable bonds is 7. The molecule has 2 aliphatic heterocycles. The number of nitrogens with one attached hydrogen (secondary N) is 2. The van der Waals surface area contributed by atoms with Gasteiger partial charge in [-0.25, -0.2) is 4.99 Å². The largest absolute Gasteiger partial charge is 0.359 e. The summed E-state index contributed by atoms with van der Waals surface area (Å²) < 4.78 is 0. The van der Waals surface area contributed by atoms with Crippen molar-refractivity contribution in [1.82, 2.24) is 20.4 Å². The second kappa shape index (κ2) is 12.7. The van der Waals surface area contributed by atoms with E-state index < -0.39 is 0 Å². The highest BCUT2D eigenvalue weighted by atomic mass is 16.1. The van der Waals surface area contributed by atoms with Gasteiger partial charge in [-0.15, -0.1) is 0 Å². The third kappa shape index (κ3) is 7.84. The molecule has 2 fully saturated rings. The Morgan fingerprint density at radius 1 is 1.00 bits per heavy atom. The third-order valence-electron chi connectivity index (χ3n) is 6.54. The lowest BCUT2D eigenvalue weighted by Gasteiger charge is -2.34. The fourth-order valence-corrected chi connectivity index (χ4v) is 4.61. The summed E-state index contributed by atoms with van der Waals surface area (Å²) in [5.41, 5.74) is 2.66. The van der Waals surface area contributed by atoms with Crippen LogP contribution in [0.4, 0.5) is 0 Å². The van der Waals surface area contributed by atoms with Gasteiger partial charge in [0, 0.05) is 39.6 Å². The first-order valence-corrected chi connectivity index (χ1v) is 12.2. The molecule has 2 saturated heterocycles. The topological polar surface area (TPSA) is 60.0 Å². The summed E-state index contributed by atoms with van der Waals surface area (Å²) in [7, 11) is 1.72. The van der Waals surface area contributed by atoms with Gasteiger partial charge in [0.2, 0.25) is 5.91 Å². The molecule has 6 nitrogen and oxygen atoms in total. The van der Waals surface area contributed by atoms with Gasteiger partial charge < -0.3 is 15.5 Å². The van der Waals surface area contributed by atoms with Crippen molar-refractivity contribution in [3.8, 4) is 0 Å². The number of amides is 1. The first kappa shape index (κ1) is 23.6. The zero-order chi connectivity index (χ0) is 21.9. The lowest BCUT2D eigenvalue weighted by molar-refractivity contribution is -0.121. The first-order chi connectivity index (χ1) is 15.2. The molecule has 0 aromatic heterocycles. The fourth-order valence-electron chi connectivity index (χ4n) is 4.61. The molecule has 0 bridgehead atoms. The van der Waals surface area contributed by atoms with Crippen LogP contribution in [-0.2, 0) is 17.9 Å². The molecule has 1 aromatic carbocycles. The van der Waals surface area contributed by atoms with Crippen molar-refractivity contribution in [2.75, 3.05) is 39.8 Å². The number of nitrogens with zero attached hydrogens (tertiary/aromatic N) is 3. The van der Waals surface area contributed by atoms with Gasteiger partial charge in [-0.3, -0.25) is 9.69 Å². The molecule has 31 heavy (non-hydrogen) atoms. The summed E-state index contributed by atoms with van der Waals surface area (Å²) in [4.78, 5) is 21.5. The number of carbonyl (C=O) groups is 1. The van der Waals surface area contributed by atoms with Gasteiger partial charge >= 0.3 is 0 Å². The van der Waals surface area contributed by atoms with Crippen LogP contribution in [0.3, 0.4) is 0 Å². The maximum atomic E-state index is 11.6. The van der Waals surface area contributed by atoms with Gasteiger partial charge in [-0.05, 0) is 62.7 Å². The second-order valence-corrected chi connectivity index (χ2v) is 8.98. The SMILES string of the molecule is CCNC(=NCc1ccc(CN2CCCCCC2)cc1)N1CCC(CC(=O)NC)CC1. The molecular formula is C25H41N5O. The van der Waals surface area contributed by atoms with Gasteiger partial charge in [0.25, 0.3) is 0 Å². The van der Waals surface area contributed by atoms with Crippen LogP contribution in [0.5, 0.6) is 0 Å². The van der Waals surface area contributed by atoms with Crippen molar-refractivity contribution in [2.24, 2.45) is 10.9 Å². The molecule has 6 heteroatoms. The Morgan fingerprint density at radius 2 is 1.65 bits per heavy atom. The molecule has 0 unspecified atom stereocenters. The number of carbonyl (C=O) groups excluding carboxylic acids is 1. The van der Waals surface area contributed by atoms with Gasteiger partial charge in [0.05, 0.1) is 6.54 Å². The summed E-state index contributed by atoms with van der Waals surface area (Å²) in [6, 6.07) is 9.01. The molecule has 172 valence electrons. The molecule has 2 aliphatic rings. The summed E-state index contributed by atoms with van der Waals surface area (Å²) in [5, 5.41) is 6.19. The van der Waals surface area contributed by atoms with Crippen LogP contribution in [0.15, 0.2) is 29.3 Å². The zero-order valence-electron chi connectivity index (χ0n) is 19.5. The van der Waals surface area contributed by atoms with E-state index in [1.54, 1.807) is 7.05 Å². The molecule has 0 atom stereocenters. The van der Waals surface area contributed by atoms with Gasteiger partial charge in [-0.2, -0.15) is 0 Å². The van der Waals surface area contributed by atoms with Crippen LogP contribution in [0.2, 0.25) is 0 Å². The zero-order valence-corrected chi connectivity index (χ0v) is 19.5. The lowest BCUT2D eigenvalue weighted by atomic mass is 9.93. The van der Waals surface area contributed by atoms with Crippen LogP contribution in [0, 0.1) is 5.92 Å². The average molecular weight is 428 g/mol. The van der Waals surface area contributed by atoms with E-state index in [1.807, 2.05) is 0 Å². The van der Waals surface area contributed by atoms with Gasteiger partial charge in [0.1, 0.15) is 0 Å². The molecule has 1 amide bonds. The van der Waals surface area contributed by atoms with Crippen LogP contribution in [-0.4, -0.2) is 61.4 Å². The number of likely N-dealkylation sites (tertiary alicyclic amines) is 2. The Labute approximate surface area is 188 Å². The van der Waals surface area contributed by atoms with Crippen molar-refractivity contribution in [3.05, 3.63) is 35.4 Å². The van der Waals surface area contributed by atoms with E-state index in [4.69, 9.17) is 4.99 Å². The Hall–Kier alpha value is -2.08. The van der Waals surface area contributed by atoms with E-state index in [2.05, 4.69) is 51.6 Å². The quantitative estimate of drug-likeness (QED) is 0.517. The molecule has 2 N–H and O–H groups in total. The summed E-state index contributed by atoms with van der Waals surface area (Å²) in [5.74, 6) is 1.63. The molecule has 0 spiro atoms. The molecule has 0 aliphatic carbocycles.